The van der Waals surface area contributed by atoms with Crippen molar-refractivity contribution in [1.82, 2.24) is 10.3 Å². The number of rotatable bonds is 7. The number of pyridine rings is 1. The van der Waals surface area contributed by atoms with Gasteiger partial charge in [0.1, 0.15) is 11.6 Å². The number of nitrogens with zero attached hydrogens (tertiary/aromatic N) is 2. The van der Waals surface area contributed by atoms with E-state index >= 15 is 0 Å². The first-order valence-electron chi connectivity index (χ1n) is 8.78. The van der Waals surface area contributed by atoms with Crippen molar-refractivity contribution in [2.75, 3.05) is 24.5 Å². The largest absolute Gasteiger partial charge is 0.357 e. The van der Waals surface area contributed by atoms with Gasteiger partial charge in [-0.2, -0.15) is 0 Å². The molecule has 5 heteroatoms. The van der Waals surface area contributed by atoms with Crippen molar-refractivity contribution in [3.63, 3.8) is 0 Å². The van der Waals surface area contributed by atoms with Crippen LogP contribution in [0.25, 0.3) is 0 Å². The average molecular weight is 331 g/mol. The van der Waals surface area contributed by atoms with Gasteiger partial charge in [0.2, 0.25) is 5.91 Å². The average Bonchev–Trinajstić information content (AvgIpc) is 2.54. The Morgan fingerprint density at radius 1 is 1.29 bits per heavy atom. The number of Topliss-reactive ketones (excluding diaryl/α,β-unsaturated/α-hetero) is 1. The van der Waals surface area contributed by atoms with E-state index in [1.807, 2.05) is 38.2 Å². The summed E-state index contributed by atoms with van der Waals surface area (Å²) in [6, 6.07) is 5.97. The van der Waals surface area contributed by atoms with E-state index in [4.69, 9.17) is 0 Å². The monoisotopic (exact) mass is 331 g/mol. The molecule has 0 saturated carbocycles. The van der Waals surface area contributed by atoms with Crippen LogP contribution in [0.5, 0.6) is 0 Å². The molecular weight excluding hydrogens is 302 g/mol. The van der Waals surface area contributed by atoms with E-state index < -0.39 is 0 Å². The molecule has 0 radical (unpaired) electrons. The number of carbonyl (C=O) groups excluding carboxylic acids is 2. The molecule has 1 saturated heterocycles. The van der Waals surface area contributed by atoms with Crippen molar-refractivity contribution in [3.8, 4) is 0 Å². The third-order valence-corrected chi connectivity index (χ3v) is 4.60. The van der Waals surface area contributed by atoms with Gasteiger partial charge in [-0.25, -0.2) is 4.98 Å². The quantitative estimate of drug-likeness (QED) is 0.834. The molecule has 5 nitrogen and oxygen atoms in total. The smallest absolute Gasteiger partial charge is 0.216 e. The van der Waals surface area contributed by atoms with Gasteiger partial charge in [-0.15, -0.1) is 0 Å². The summed E-state index contributed by atoms with van der Waals surface area (Å²) in [5, 5.41) is 2.81. The highest BCUT2D eigenvalue weighted by molar-refractivity contribution is 5.79. The molecule has 1 aromatic heterocycles. The lowest BCUT2D eigenvalue weighted by Crippen LogP contribution is -2.36. The Hall–Kier alpha value is -1.91. The lowest BCUT2D eigenvalue weighted by Gasteiger charge is -2.33. The van der Waals surface area contributed by atoms with E-state index in [2.05, 4.69) is 15.2 Å². The van der Waals surface area contributed by atoms with Crippen LogP contribution in [0.1, 0.15) is 46.5 Å². The van der Waals surface area contributed by atoms with Crippen LogP contribution in [0.4, 0.5) is 5.82 Å². The fourth-order valence-corrected chi connectivity index (χ4v) is 3.26. The minimum atomic E-state index is -0.183. The van der Waals surface area contributed by atoms with Crippen LogP contribution in [0.3, 0.4) is 0 Å². The Bertz CT molecular complexity index is 549. The molecule has 1 N–H and O–H groups in total. The van der Waals surface area contributed by atoms with Gasteiger partial charge in [0.15, 0.2) is 0 Å². The number of amides is 1. The minimum absolute atomic E-state index is 0.0441. The number of hydrogen-bond donors (Lipinski definition) is 1. The summed E-state index contributed by atoms with van der Waals surface area (Å²) >= 11 is 0. The highest BCUT2D eigenvalue weighted by Gasteiger charge is 2.26. The van der Waals surface area contributed by atoms with Gasteiger partial charge in [0.25, 0.3) is 0 Å². The number of ketones is 1. The maximum Gasteiger partial charge on any atom is 0.216 e. The molecular formula is C19H29N3O2. The molecule has 1 aliphatic rings. The zero-order valence-corrected chi connectivity index (χ0v) is 15.0. The molecule has 0 aromatic carbocycles. The standard InChI is InChI=1S/C19H29N3O2/c1-15(23)21-14-19(2,3)13-17(24)12-16-7-10-22(11-8-16)18-6-4-5-9-20-18/h4-6,9,16H,7-8,10-14H2,1-3H3,(H,21,23). The fraction of sp³-hybridized carbons (Fsp3) is 0.632. The second-order valence-electron chi connectivity index (χ2n) is 7.61. The predicted octanol–water partition coefficient (Wildman–Crippen LogP) is 2.81. The molecule has 0 aliphatic carbocycles. The maximum atomic E-state index is 12.4. The van der Waals surface area contributed by atoms with E-state index in [0.29, 0.717) is 31.1 Å². The first-order valence-corrected chi connectivity index (χ1v) is 8.78. The Morgan fingerprint density at radius 3 is 2.58 bits per heavy atom. The van der Waals surface area contributed by atoms with Crippen molar-refractivity contribution in [2.45, 2.75) is 46.5 Å². The minimum Gasteiger partial charge on any atom is -0.357 e. The molecule has 2 rings (SSSR count). The number of anilines is 1. The van der Waals surface area contributed by atoms with Crippen molar-refractivity contribution < 1.29 is 9.59 Å². The number of hydrogen-bond acceptors (Lipinski definition) is 4. The Kier molecular flexibility index (Phi) is 6.35. The highest BCUT2D eigenvalue weighted by Crippen LogP contribution is 2.27. The number of piperidine rings is 1. The van der Waals surface area contributed by atoms with Crippen LogP contribution in [0.2, 0.25) is 0 Å². The fourth-order valence-electron chi connectivity index (χ4n) is 3.26. The summed E-state index contributed by atoms with van der Waals surface area (Å²) in [5.74, 6) is 1.76. The summed E-state index contributed by atoms with van der Waals surface area (Å²) < 4.78 is 0. The van der Waals surface area contributed by atoms with Gasteiger partial charge < -0.3 is 10.2 Å². The molecule has 0 spiro atoms. The zero-order valence-electron chi connectivity index (χ0n) is 15.0. The SMILES string of the molecule is CC(=O)NCC(C)(C)CC(=O)CC1CCN(c2ccccn2)CC1. The highest BCUT2D eigenvalue weighted by atomic mass is 16.1. The Labute approximate surface area is 144 Å². The summed E-state index contributed by atoms with van der Waals surface area (Å²) in [5.41, 5.74) is -0.183. The molecule has 132 valence electrons. The van der Waals surface area contributed by atoms with E-state index in [1.165, 1.54) is 6.92 Å². The number of nitrogens with one attached hydrogen (secondary N) is 1. The molecule has 1 aromatic rings. The van der Waals surface area contributed by atoms with Crippen LogP contribution in [-0.2, 0) is 9.59 Å². The summed E-state index contributed by atoms with van der Waals surface area (Å²) in [7, 11) is 0. The van der Waals surface area contributed by atoms with Gasteiger partial charge >= 0.3 is 0 Å². The first-order chi connectivity index (χ1) is 11.4. The van der Waals surface area contributed by atoms with Crippen LogP contribution in [0.15, 0.2) is 24.4 Å². The lowest BCUT2D eigenvalue weighted by molar-refractivity contribution is -0.123. The van der Waals surface area contributed by atoms with Crippen molar-refractivity contribution in [1.29, 1.82) is 0 Å². The van der Waals surface area contributed by atoms with Crippen LogP contribution >= 0.6 is 0 Å². The number of carbonyl (C=O) groups is 2. The van der Waals surface area contributed by atoms with Crippen LogP contribution in [0, 0.1) is 11.3 Å². The van der Waals surface area contributed by atoms with Crippen molar-refractivity contribution in [3.05, 3.63) is 24.4 Å². The van der Waals surface area contributed by atoms with Gasteiger partial charge in [0.05, 0.1) is 0 Å². The van der Waals surface area contributed by atoms with Crippen LogP contribution < -0.4 is 10.2 Å². The van der Waals surface area contributed by atoms with E-state index in [-0.39, 0.29) is 11.3 Å². The molecule has 0 atom stereocenters. The van der Waals surface area contributed by atoms with Crippen molar-refractivity contribution in [2.24, 2.45) is 11.3 Å². The normalized spacial score (nSPS) is 16.0. The maximum absolute atomic E-state index is 12.4. The third kappa shape index (κ3) is 5.95. The second-order valence-corrected chi connectivity index (χ2v) is 7.61. The summed E-state index contributed by atoms with van der Waals surface area (Å²) in [6.45, 7) is 8.04. The second kappa shape index (κ2) is 8.27. The molecule has 0 bridgehead atoms. The van der Waals surface area contributed by atoms with E-state index in [0.717, 1.165) is 31.7 Å². The third-order valence-electron chi connectivity index (χ3n) is 4.60. The molecule has 1 fully saturated rings. The van der Waals surface area contributed by atoms with Gasteiger partial charge in [-0.1, -0.05) is 19.9 Å². The first kappa shape index (κ1) is 18.4. The lowest BCUT2D eigenvalue weighted by atomic mass is 9.83. The van der Waals surface area contributed by atoms with Crippen molar-refractivity contribution >= 4 is 17.5 Å². The van der Waals surface area contributed by atoms with Crippen LogP contribution in [-0.4, -0.2) is 36.3 Å². The van der Waals surface area contributed by atoms with E-state index in [1.54, 1.807) is 0 Å². The van der Waals surface area contributed by atoms with Gasteiger partial charge in [-0.05, 0) is 36.3 Å². The Morgan fingerprint density at radius 2 is 2.00 bits per heavy atom. The zero-order chi connectivity index (χ0) is 17.6. The Balaban J connectivity index is 1.75. The number of aromatic nitrogens is 1. The molecule has 0 unspecified atom stereocenters. The molecule has 24 heavy (non-hydrogen) atoms. The summed E-state index contributed by atoms with van der Waals surface area (Å²) in [6.07, 6.45) is 5.07. The molecule has 1 amide bonds. The van der Waals surface area contributed by atoms with Gasteiger partial charge in [0, 0.05) is 45.6 Å². The summed E-state index contributed by atoms with van der Waals surface area (Å²) in [4.78, 5) is 30.1. The van der Waals surface area contributed by atoms with E-state index in [9.17, 15) is 9.59 Å². The topological polar surface area (TPSA) is 62.3 Å². The molecule has 2 heterocycles. The van der Waals surface area contributed by atoms with Gasteiger partial charge in [-0.3, -0.25) is 9.59 Å². The molecule has 1 aliphatic heterocycles. The predicted molar refractivity (Wildman–Crippen MR) is 95.9 cm³/mol.